The van der Waals surface area contributed by atoms with Crippen LogP contribution in [0.1, 0.15) is 40.0 Å². The summed E-state index contributed by atoms with van der Waals surface area (Å²) < 4.78 is 0. The predicted molar refractivity (Wildman–Crippen MR) is 53.4 cm³/mol. The van der Waals surface area contributed by atoms with Gasteiger partial charge in [0.05, 0.1) is 5.41 Å². The minimum absolute atomic E-state index is 0.105. The van der Waals surface area contributed by atoms with Crippen LogP contribution in [0.3, 0.4) is 0 Å². The second-order valence-corrected chi connectivity index (χ2v) is 5.06. The van der Waals surface area contributed by atoms with Gasteiger partial charge in [-0.2, -0.15) is 0 Å². The second kappa shape index (κ2) is 2.46. The zero-order valence-corrected chi connectivity index (χ0v) is 8.76. The zero-order chi connectivity index (χ0) is 9.69. The normalized spacial score (nSPS) is 42.1. The Hall–Kier alpha value is -0.590. The van der Waals surface area contributed by atoms with E-state index < -0.39 is 0 Å². The molecule has 1 heteroatoms. The number of fused-ring (bicyclic) bond motifs is 2. The number of carbonyl (C=O) groups excluding carboxylic acids is 1. The fourth-order valence-electron chi connectivity index (χ4n) is 3.39. The van der Waals surface area contributed by atoms with Crippen molar-refractivity contribution in [2.75, 3.05) is 0 Å². The van der Waals surface area contributed by atoms with Crippen LogP contribution >= 0.6 is 0 Å². The highest BCUT2D eigenvalue weighted by Gasteiger charge is 2.62. The lowest BCUT2D eigenvalue weighted by Gasteiger charge is -2.33. The molecule has 2 aliphatic rings. The van der Waals surface area contributed by atoms with Gasteiger partial charge < -0.3 is 0 Å². The summed E-state index contributed by atoms with van der Waals surface area (Å²) in [6.45, 7) is 6.54. The van der Waals surface area contributed by atoms with E-state index in [1.165, 1.54) is 6.42 Å². The first kappa shape index (κ1) is 8.98. The molecule has 0 radical (unpaired) electrons. The summed E-state index contributed by atoms with van der Waals surface area (Å²) >= 11 is 0. The highest BCUT2D eigenvalue weighted by molar-refractivity contribution is 5.91. The van der Waals surface area contributed by atoms with Crippen molar-refractivity contribution in [2.24, 2.45) is 16.7 Å². The number of carbonyl (C=O) groups is 1. The molecule has 2 atom stereocenters. The maximum Gasteiger partial charge on any atom is 0.143 e. The van der Waals surface area contributed by atoms with Gasteiger partial charge in [0.1, 0.15) is 5.78 Å². The number of rotatable bonds is 1. The predicted octanol–water partition coefficient (Wildman–Crippen LogP) is 2.96. The van der Waals surface area contributed by atoms with Gasteiger partial charge in [0.2, 0.25) is 0 Å². The van der Waals surface area contributed by atoms with Crippen LogP contribution in [-0.2, 0) is 4.79 Å². The molecular weight excluding hydrogens is 160 g/mol. The van der Waals surface area contributed by atoms with E-state index in [1.807, 2.05) is 13.0 Å². The van der Waals surface area contributed by atoms with E-state index in [1.54, 1.807) is 0 Å². The Balaban J connectivity index is 2.49. The molecule has 72 valence electrons. The van der Waals surface area contributed by atoms with E-state index in [-0.39, 0.29) is 10.8 Å². The SMILES string of the molecule is C/C=C/C12CCC(CC1=O)C2(C)C. The molecule has 2 bridgehead atoms. The largest absolute Gasteiger partial charge is 0.299 e. The molecule has 1 nitrogen and oxygen atoms in total. The van der Waals surface area contributed by atoms with Gasteiger partial charge in [-0.25, -0.2) is 0 Å². The Morgan fingerprint density at radius 2 is 2.15 bits per heavy atom. The van der Waals surface area contributed by atoms with Gasteiger partial charge >= 0.3 is 0 Å². The van der Waals surface area contributed by atoms with Crippen LogP contribution in [-0.4, -0.2) is 5.78 Å². The Labute approximate surface area is 80.2 Å². The van der Waals surface area contributed by atoms with Gasteiger partial charge in [-0.05, 0) is 31.1 Å². The second-order valence-electron chi connectivity index (χ2n) is 5.06. The number of hydrogen-bond donors (Lipinski definition) is 0. The third-order valence-electron chi connectivity index (χ3n) is 4.44. The van der Waals surface area contributed by atoms with E-state index in [2.05, 4.69) is 19.9 Å². The lowest BCUT2D eigenvalue weighted by atomic mass is 9.69. The Morgan fingerprint density at radius 1 is 1.46 bits per heavy atom. The molecule has 0 aromatic carbocycles. The summed E-state index contributed by atoms with van der Waals surface area (Å²) in [7, 11) is 0. The molecule has 0 aromatic rings. The molecule has 0 N–H and O–H groups in total. The van der Waals surface area contributed by atoms with Crippen LogP contribution in [0.15, 0.2) is 12.2 Å². The van der Waals surface area contributed by atoms with Crippen molar-refractivity contribution in [1.82, 2.24) is 0 Å². The van der Waals surface area contributed by atoms with Crippen molar-refractivity contribution in [1.29, 1.82) is 0 Å². The summed E-state index contributed by atoms with van der Waals surface area (Å²) in [5, 5.41) is 0. The molecule has 0 aliphatic heterocycles. The highest BCUT2D eigenvalue weighted by Crippen LogP contribution is 2.64. The summed E-state index contributed by atoms with van der Waals surface area (Å²) in [5.41, 5.74) is 0.100. The molecule has 2 unspecified atom stereocenters. The van der Waals surface area contributed by atoms with Crippen molar-refractivity contribution < 1.29 is 4.79 Å². The minimum Gasteiger partial charge on any atom is -0.299 e. The van der Waals surface area contributed by atoms with Gasteiger partial charge in [-0.3, -0.25) is 4.79 Å². The molecule has 0 amide bonds. The van der Waals surface area contributed by atoms with Crippen molar-refractivity contribution >= 4 is 5.78 Å². The van der Waals surface area contributed by atoms with Crippen LogP contribution in [0.25, 0.3) is 0 Å². The lowest BCUT2D eigenvalue weighted by Crippen LogP contribution is -2.33. The van der Waals surface area contributed by atoms with Crippen LogP contribution in [0.2, 0.25) is 0 Å². The number of Topliss-reactive ketones (excluding diaryl/α,β-unsaturated/α-hetero) is 1. The molecule has 2 rings (SSSR count). The summed E-state index contributed by atoms with van der Waals surface area (Å²) in [4.78, 5) is 11.9. The number of hydrogen-bond acceptors (Lipinski definition) is 1. The summed E-state index contributed by atoms with van der Waals surface area (Å²) in [5.74, 6) is 1.11. The van der Waals surface area contributed by atoms with Crippen molar-refractivity contribution in [3.63, 3.8) is 0 Å². The molecule has 2 aliphatic carbocycles. The van der Waals surface area contributed by atoms with E-state index in [9.17, 15) is 4.79 Å². The quantitative estimate of drug-likeness (QED) is 0.564. The van der Waals surface area contributed by atoms with Gasteiger partial charge in [-0.15, -0.1) is 0 Å². The van der Waals surface area contributed by atoms with Gasteiger partial charge in [-0.1, -0.05) is 26.0 Å². The first-order valence-electron chi connectivity index (χ1n) is 5.22. The molecular formula is C12H18O. The molecule has 0 aromatic heterocycles. The van der Waals surface area contributed by atoms with E-state index in [4.69, 9.17) is 0 Å². The summed E-state index contributed by atoms with van der Waals surface area (Å²) in [6.07, 6.45) is 7.34. The maximum atomic E-state index is 11.9. The van der Waals surface area contributed by atoms with E-state index >= 15 is 0 Å². The van der Waals surface area contributed by atoms with E-state index in [0.29, 0.717) is 11.7 Å². The van der Waals surface area contributed by atoms with Crippen LogP contribution in [0.4, 0.5) is 0 Å². The Morgan fingerprint density at radius 3 is 2.54 bits per heavy atom. The van der Waals surface area contributed by atoms with Gasteiger partial charge in [0.25, 0.3) is 0 Å². The van der Waals surface area contributed by atoms with Gasteiger partial charge in [0, 0.05) is 6.42 Å². The van der Waals surface area contributed by atoms with E-state index in [0.717, 1.165) is 12.8 Å². The smallest absolute Gasteiger partial charge is 0.143 e. The van der Waals surface area contributed by atoms with Crippen LogP contribution in [0, 0.1) is 16.7 Å². The molecule has 13 heavy (non-hydrogen) atoms. The van der Waals surface area contributed by atoms with Crippen molar-refractivity contribution in [3.8, 4) is 0 Å². The van der Waals surface area contributed by atoms with Crippen LogP contribution < -0.4 is 0 Å². The monoisotopic (exact) mass is 178 g/mol. The number of ketones is 1. The molecule has 2 fully saturated rings. The average Bonchev–Trinajstić information content (AvgIpc) is 2.38. The zero-order valence-electron chi connectivity index (χ0n) is 8.76. The topological polar surface area (TPSA) is 17.1 Å². The molecule has 0 spiro atoms. The fraction of sp³-hybridized carbons (Fsp3) is 0.750. The maximum absolute atomic E-state index is 11.9. The third-order valence-corrected chi connectivity index (χ3v) is 4.44. The highest BCUT2D eigenvalue weighted by atomic mass is 16.1. The van der Waals surface area contributed by atoms with Crippen molar-refractivity contribution in [2.45, 2.75) is 40.0 Å². The average molecular weight is 178 g/mol. The molecule has 0 heterocycles. The summed E-state index contributed by atoms with van der Waals surface area (Å²) in [6, 6.07) is 0. The first-order chi connectivity index (χ1) is 6.04. The van der Waals surface area contributed by atoms with Gasteiger partial charge in [0.15, 0.2) is 0 Å². The standard InChI is InChI=1S/C12H18O/c1-4-6-12-7-5-9(8-10(12)13)11(12,2)3/h4,6,9H,5,7-8H2,1-3H3/b6-4+. The lowest BCUT2D eigenvalue weighted by molar-refractivity contribution is -0.126. The Kier molecular flexibility index (Phi) is 1.70. The molecule has 0 saturated heterocycles. The number of allylic oxidation sites excluding steroid dienone is 2. The molecule has 2 saturated carbocycles. The first-order valence-corrected chi connectivity index (χ1v) is 5.22. The Bertz CT molecular complexity index is 275. The van der Waals surface area contributed by atoms with Crippen molar-refractivity contribution in [3.05, 3.63) is 12.2 Å². The fourth-order valence-corrected chi connectivity index (χ4v) is 3.39. The third kappa shape index (κ3) is 0.853. The minimum atomic E-state index is -0.105. The van der Waals surface area contributed by atoms with Crippen LogP contribution in [0.5, 0.6) is 0 Å².